The van der Waals surface area contributed by atoms with Crippen molar-refractivity contribution in [3.63, 3.8) is 0 Å². The predicted molar refractivity (Wildman–Crippen MR) is 73.6 cm³/mol. The molecule has 0 radical (unpaired) electrons. The van der Waals surface area contributed by atoms with Gasteiger partial charge in [0.25, 0.3) is 0 Å². The van der Waals surface area contributed by atoms with Gasteiger partial charge in [-0.1, -0.05) is 22.9 Å². The minimum Gasteiger partial charge on any atom is -0.356 e. The standard InChI is InChI=1S/C12H15BrN4/c1-2-8-17(9-5-13)11-4-3-10-12(16-11)15-7-6-14-10/h3-4,6-7H,2,5,8-9H2,1H3. The molecule has 0 aliphatic heterocycles. The molecule has 0 atom stereocenters. The van der Waals surface area contributed by atoms with Crippen LogP contribution in [0.1, 0.15) is 13.3 Å². The van der Waals surface area contributed by atoms with Gasteiger partial charge in [-0.05, 0) is 18.6 Å². The van der Waals surface area contributed by atoms with Crippen molar-refractivity contribution in [2.24, 2.45) is 0 Å². The second kappa shape index (κ2) is 5.91. The Bertz CT molecular complexity index is 483. The van der Waals surface area contributed by atoms with Crippen LogP contribution in [0.15, 0.2) is 24.5 Å². The Labute approximate surface area is 109 Å². The summed E-state index contributed by atoms with van der Waals surface area (Å²) in [5.41, 5.74) is 1.55. The number of pyridine rings is 1. The predicted octanol–water partition coefficient (Wildman–Crippen LogP) is 2.64. The smallest absolute Gasteiger partial charge is 0.180 e. The van der Waals surface area contributed by atoms with Gasteiger partial charge in [0.05, 0.1) is 0 Å². The van der Waals surface area contributed by atoms with E-state index in [1.54, 1.807) is 12.4 Å². The second-order valence-electron chi connectivity index (χ2n) is 3.74. The molecule has 2 rings (SSSR count). The van der Waals surface area contributed by atoms with Crippen LogP contribution in [-0.4, -0.2) is 33.4 Å². The summed E-state index contributed by atoms with van der Waals surface area (Å²) in [6.07, 6.45) is 4.47. The first-order valence-electron chi connectivity index (χ1n) is 5.74. The van der Waals surface area contributed by atoms with Crippen molar-refractivity contribution in [1.82, 2.24) is 15.0 Å². The fourth-order valence-electron chi connectivity index (χ4n) is 1.73. The number of nitrogens with zero attached hydrogens (tertiary/aromatic N) is 4. The summed E-state index contributed by atoms with van der Waals surface area (Å²) in [5, 5.41) is 0.938. The van der Waals surface area contributed by atoms with Gasteiger partial charge in [0, 0.05) is 30.8 Å². The SMILES string of the molecule is CCCN(CCBr)c1ccc2nccnc2n1. The van der Waals surface area contributed by atoms with Gasteiger partial charge >= 0.3 is 0 Å². The third-order valence-electron chi connectivity index (χ3n) is 2.49. The Balaban J connectivity index is 2.32. The fraction of sp³-hybridized carbons (Fsp3) is 0.417. The van der Waals surface area contributed by atoms with Crippen LogP contribution in [0.25, 0.3) is 11.2 Å². The molecule has 2 aromatic rings. The molecule has 0 spiro atoms. The van der Waals surface area contributed by atoms with Crippen LogP contribution in [-0.2, 0) is 0 Å². The molecule has 4 nitrogen and oxygen atoms in total. The highest BCUT2D eigenvalue weighted by Gasteiger charge is 2.07. The summed E-state index contributed by atoms with van der Waals surface area (Å²) in [6.45, 7) is 4.12. The van der Waals surface area contributed by atoms with Crippen LogP contribution in [0.2, 0.25) is 0 Å². The summed E-state index contributed by atoms with van der Waals surface area (Å²) in [7, 11) is 0. The van der Waals surface area contributed by atoms with Crippen molar-refractivity contribution in [3.05, 3.63) is 24.5 Å². The van der Waals surface area contributed by atoms with Gasteiger partial charge in [-0.3, -0.25) is 4.98 Å². The zero-order valence-electron chi connectivity index (χ0n) is 9.80. The van der Waals surface area contributed by atoms with Crippen molar-refractivity contribution in [2.75, 3.05) is 23.3 Å². The first-order chi connectivity index (χ1) is 8.35. The van der Waals surface area contributed by atoms with Crippen LogP contribution >= 0.6 is 15.9 Å². The molecule has 0 aliphatic rings. The summed E-state index contributed by atoms with van der Waals surface area (Å²) < 4.78 is 0. The van der Waals surface area contributed by atoms with Crippen molar-refractivity contribution in [3.8, 4) is 0 Å². The molecule has 0 aromatic carbocycles. The van der Waals surface area contributed by atoms with E-state index in [1.165, 1.54) is 0 Å². The number of hydrogen-bond acceptors (Lipinski definition) is 4. The average Bonchev–Trinajstić information content (AvgIpc) is 2.38. The maximum Gasteiger partial charge on any atom is 0.180 e. The molecule has 2 heterocycles. The number of rotatable bonds is 5. The Morgan fingerprint density at radius 1 is 1.18 bits per heavy atom. The number of halogens is 1. The van der Waals surface area contributed by atoms with Crippen LogP contribution in [0.4, 0.5) is 5.82 Å². The summed E-state index contributed by atoms with van der Waals surface area (Å²) >= 11 is 3.47. The summed E-state index contributed by atoms with van der Waals surface area (Å²) in [4.78, 5) is 15.3. The van der Waals surface area contributed by atoms with Gasteiger partial charge in [-0.15, -0.1) is 0 Å². The highest BCUT2D eigenvalue weighted by Crippen LogP contribution is 2.15. The molecule has 90 valence electrons. The molecule has 0 amide bonds. The molecule has 0 bridgehead atoms. The van der Waals surface area contributed by atoms with Crippen molar-refractivity contribution in [1.29, 1.82) is 0 Å². The first-order valence-corrected chi connectivity index (χ1v) is 6.86. The minimum atomic E-state index is 0.709. The van der Waals surface area contributed by atoms with Crippen LogP contribution in [0.5, 0.6) is 0 Å². The largest absolute Gasteiger partial charge is 0.356 e. The third-order valence-corrected chi connectivity index (χ3v) is 2.84. The highest BCUT2D eigenvalue weighted by atomic mass is 79.9. The third kappa shape index (κ3) is 2.91. The van der Waals surface area contributed by atoms with Gasteiger partial charge in [-0.2, -0.15) is 0 Å². The molecule has 5 heteroatoms. The molecule has 2 aromatic heterocycles. The molecular weight excluding hydrogens is 280 g/mol. The van der Waals surface area contributed by atoms with Crippen LogP contribution < -0.4 is 4.90 Å². The van der Waals surface area contributed by atoms with E-state index in [9.17, 15) is 0 Å². The zero-order valence-corrected chi connectivity index (χ0v) is 11.4. The molecule has 17 heavy (non-hydrogen) atoms. The van der Waals surface area contributed by atoms with E-state index in [4.69, 9.17) is 0 Å². The average molecular weight is 295 g/mol. The molecule has 0 fully saturated rings. The van der Waals surface area contributed by atoms with Crippen LogP contribution in [0.3, 0.4) is 0 Å². The highest BCUT2D eigenvalue weighted by molar-refractivity contribution is 9.09. The number of fused-ring (bicyclic) bond motifs is 1. The summed E-state index contributed by atoms with van der Waals surface area (Å²) in [5.74, 6) is 0.972. The van der Waals surface area contributed by atoms with Crippen LogP contribution in [0, 0.1) is 0 Å². The number of alkyl halides is 1. The Hall–Kier alpha value is -1.23. The molecule has 0 saturated heterocycles. The van der Waals surface area contributed by atoms with Gasteiger partial charge < -0.3 is 4.90 Å². The number of anilines is 1. The fourth-order valence-corrected chi connectivity index (χ4v) is 2.16. The van der Waals surface area contributed by atoms with Gasteiger partial charge in [0.1, 0.15) is 11.3 Å². The maximum atomic E-state index is 4.54. The maximum absolute atomic E-state index is 4.54. The normalized spacial score (nSPS) is 10.7. The van der Waals surface area contributed by atoms with E-state index >= 15 is 0 Å². The van der Waals surface area contributed by atoms with E-state index in [-0.39, 0.29) is 0 Å². The molecular formula is C12H15BrN4. The van der Waals surface area contributed by atoms with Crippen molar-refractivity contribution in [2.45, 2.75) is 13.3 Å². The lowest BCUT2D eigenvalue weighted by Crippen LogP contribution is -2.27. The van der Waals surface area contributed by atoms with E-state index in [0.29, 0.717) is 5.65 Å². The molecule has 0 saturated carbocycles. The monoisotopic (exact) mass is 294 g/mol. The minimum absolute atomic E-state index is 0.709. The second-order valence-corrected chi connectivity index (χ2v) is 4.54. The lowest BCUT2D eigenvalue weighted by molar-refractivity contribution is 0.785. The van der Waals surface area contributed by atoms with E-state index in [2.05, 4.69) is 42.7 Å². The number of aromatic nitrogens is 3. The van der Waals surface area contributed by atoms with E-state index < -0.39 is 0 Å². The Kier molecular flexibility index (Phi) is 4.25. The summed E-state index contributed by atoms with van der Waals surface area (Å²) in [6, 6.07) is 3.98. The molecule has 0 unspecified atom stereocenters. The topological polar surface area (TPSA) is 41.9 Å². The molecule has 0 aliphatic carbocycles. The van der Waals surface area contributed by atoms with Crippen molar-refractivity contribution < 1.29 is 0 Å². The van der Waals surface area contributed by atoms with Gasteiger partial charge in [0.15, 0.2) is 5.65 Å². The zero-order chi connectivity index (χ0) is 12.1. The van der Waals surface area contributed by atoms with Gasteiger partial charge in [0.2, 0.25) is 0 Å². The lowest BCUT2D eigenvalue weighted by atomic mass is 10.3. The van der Waals surface area contributed by atoms with Gasteiger partial charge in [-0.25, -0.2) is 9.97 Å². The quantitative estimate of drug-likeness (QED) is 0.795. The Morgan fingerprint density at radius 2 is 2.00 bits per heavy atom. The number of hydrogen-bond donors (Lipinski definition) is 0. The van der Waals surface area contributed by atoms with E-state index in [1.807, 2.05) is 12.1 Å². The van der Waals surface area contributed by atoms with E-state index in [0.717, 1.165) is 36.2 Å². The lowest BCUT2D eigenvalue weighted by Gasteiger charge is -2.22. The molecule has 0 N–H and O–H groups in total. The van der Waals surface area contributed by atoms with Crippen molar-refractivity contribution >= 4 is 32.9 Å². The Morgan fingerprint density at radius 3 is 2.76 bits per heavy atom. The first kappa shape index (κ1) is 12.2.